The number of carbonyl (C=O) groups is 1. The van der Waals surface area contributed by atoms with Crippen LogP contribution < -0.4 is 4.90 Å². The Bertz CT molecular complexity index is 508. The van der Waals surface area contributed by atoms with Crippen molar-refractivity contribution >= 4 is 11.8 Å². The van der Waals surface area contributed by atoms with E-state index in [1.165, 1.54) is 19.5 Å². The molecule has 0 bridgehead atoms. The largest absolute Gasteiger partial charge is 0.472 e. The molecule has 0 saturated heterocycles. The minimum Gasteiger partial charge on any atom is -0.472 e. The number of esters is 1. The number of anilines is 1. The number of rotatable bonds is 4. The highest BCUT2D eigenvalue weighted by Gasteiger charge is 2.09. The van der Waals surface area contributed by atoms with Crippen molar-refractivity contribution in [2.75, 3.05) is 19.1 Å². The molecule has 0 radical (unpaired) electrons. The number of ether oxygens (including phenoxy) is 1. The van der Waals surface area contributed by atoms with Gasteiger partial charge in [0.25, 0.3) is 0 Å². The summed E-state index contributed by atoms with van der Waals surface area (Å²) in [6, 6.07) is 1.88. The first kappa shape index (κ1) is 12.1. The molecule has 0 spiro atoms. The Labute approximate surface area is 104 Å². The van der Waals surface area contributed by atoms with Crippen molar-refractivity contribution in [2.45, 2.75) is 6.54 Å². The maximum absolute atomic E-state index is 11.2. The molecule has 0 aliphatic carbocycles. The molecule has 94 valence electrons. The SMILES string of the molecule is COC(=O)c1cnc(N(C)Cc2ccoc2)cn1. The van der Waals surface area contributed by atoms with E-state index in [0.29, 0.717) is 12.4 Å². The van der Waals surface area contributed by atoms with Crippen molar-refractivity contribution in [3.05, 3.63) is 42.2 Å². The summed E-state index contributed by atoms with van der Waals surface area (Å²) in [6.45, 7) is 0.656. The van der Waals surface area contributed by atoms with Crippen LogP contribution in [-0.2, 0) is 11.3 Å². The summed E-state index contributed by atoms with van der Waals surface area (Å²) in [7, 11) is 3.19. The predicted molar refractivity (Wildman–Crippen MR) is 64.2 cm³/mol. The van der Waals surface area contributed by atoms with Crippen molar-refractivity contribution in [3.63, 3.8) is 0 Å². The van der Waals surface area contributed by atoms with E-state index in [9.17, 15) is 4.79 Å². The first-order valence-corrected chi connectivity index (χ1v) is 5.33. The third-order valence-corrected chi connectivity index (χ3v) is 2.42. The van der Waals surface area contributed by atoms with Crippen LogP contribution in [0.1, 0.15) is 16.1 Å². The molecule has 0 saturated carbocycles. The van der Waals surface area contributed by atoms with E-state index in [0.717, 1.165) is 5.56 Å². The van der Waals surface area contributed by atoms with Crippen molar-refractivity contribution in [2.24, 2.45) is 0 Å². The fraction of sp³-hybridized carbons (Fsp3) is 0.250. The topological polar surface area (TPSA) is 68.5 Å². The molecule has 0 fully saturated rings. The van der Waals surface area contributed by atoms with Gasteiger partial charge in [-0.2, -0.15) is 0 Å². The Morgan fingerprint density at radius 1 is 1.44 bits per heavy atom. The third kappa shape index (κ3) is 2.65. The highest BCUT2D eigenvalue weighted by atomic mass is 16.5. The lowest BCUT2D eigenvalue weighted by atomic mass is 10.3. The Morgan fingerprint density at radius 3 is 2.83 bits per heavy atom. The Hall–Kier alpha value is -2.37. The van der Waals surface area contributed by atoms with Crippen LogP contribution in [0.3, 0.4) is 0 Å². The Kier molecular flexibility index (Phi) is 3.57. The van der Waals surface area contributed by atoms with E-state index in [2.05, 4.69) is 14.7 Å². The van der Waals surface area contributed by atoms with Crippen molar-refractivity contribution in [3.8, 4) is 0 Å². The van der Waals surface area contributed by atoms with Gasteiger partial charge in [-0.05, 0) is 6.07 Å². The number of nitrogens with zero attached hydrogens (tertiary/aromatic N) is 3. The maximum atomic E-state index is 11.2. The average Bonchev–Trinajstić information content (AvgIpc) is 2.91. The molecule has 2 heterocycles. The molecule has 0 aliphatic rings. The molecule has 2 rings (SSSR count). The van der Waals surface area contributed by atoms with Crippen LogP contribution >= 0.6 is 0 Å². The van der Waals surface area contributed by atoms with Crippen molar-refractivity contribution < 1.29 is 13.9 Å². The number of furan rings is 1. The lowest BCUT2D eigenvalue weighted by Gasteiger charge is -2.16. The first-order valence-electron chi connectivity index (χ1n) is 5.33. The predicted octanol–water partition coefficient (Wildman–Crippen LogP) is 1.49. The number of hydrogen-bond donors (Lipinski definition) is 0. The van der Waals surface area contributed by atoms with Gasteiger partial charge in [-0.3, -0.25) is 0 Å². The molecule has 0 aromatic carbocycles. The minimum atomic E-state index is -0.494. The molecule has 0 atom stereocenters. The molecule has 6 heteroatoms. The number of carbonyl (C=O) groups excluding carboxylic acids is 1. The van der Waals surface area contributed by atoms with Crippen LogP contribution in [0.2, 0.25) is 0 Å². The van der Waals surface area contributed by atoms with E-state index in [4.69, 9.17) is 4.42 Å². The average molecular weight is 247 g/mol. The molecular weight excluding hydrogens is 234 g/mol. The number of aromatic nitrogens is 2. The van der Waals surface area contributed by atoms with Gasteiger partial charge in [0.15, 0.2) is 5.69 Å². The normalized spacial score (nSPS) is 10.1. The molecule has 0 N–H and O–H groups in total. The summed E-state index contributed by atoms with van der Waals surface area (Å²) < 4.78 is 9.55. The summed E-state index contributed by atoms with van der Waals surface area (Å²) >= 11 is 0. The lowest BCUT2D eigenvalue weighted by molar-refractivity contribution is 0.0593. The molecule has 0 amide bonds. The molecule has 0 aliphatic heterocycles. The standard InChI is InChI=1S/C12H13N3O3/c1-15(7-9-3-4-18-8-9)11-6-13-10(5-14-11)12(16)17-2/h3-6,8H,7H2,1-2H3. The quantitative estimate of drug-likeness (QED) is 0.762. The van der Waals surface area contributed by atoms with E-state index in [-0.39, 0.29) is 5.69 Å². The Balaban J connectivity index is 2.07. The fourth-order valence-corrected chi connectivity index (χ4v) is 1.47. The number of methoxy groups -OCH3 is 1. The monoisotopic (exact) mass is 247 g/mol. The summed E-state index contributed by atoms with van der Waals surface area (Å²) in [5.74, 6) is 0.176. The van der Waals surface area contributed by atoms with Crippen LogP contribution in [-0.4, -0.2) is 30.1 Å². The summed E-state index contributed by atoms with van der Waals surface area (Å²) in [4.78, 5) is 21.3. The summed E-state index contributed by atoms with van der Waals surface area (Å²) in [5.41, 5.74) is 1.23. The van der Waals surface area contributed by atoms with Gasteiger partial charge in [0.2, 0.25) is 0 Å². The molecule has 2 aromatic heterocycles. The Morgan fingerprint density at radius 2 is 2.28 bits per heavy atom. The molecule has 0 unspecified atom stereocenters. The van der Waals surface area contributed by atoms with Gasteiger partial charge in [-0.25, -0.2) is 14.8 Å². The van der Waals surface area contributed by atoms with Crippen LogP contribution in [0.4, 0.5) is 5.82 Å². The molecule has 2 aromatic rings. The van der Waals surface area contributed by atoms with E-state index in [1.807, 2.05) is 18.0 Å². The molecule has 18 heavy (non-hydrogen) atoms. The molecule has 6 nitrogen and oxygen atoms in total. The summed E-state index contributed by atoms with van der Waals surface area (Å²) in [6.07, 6.45) is 6.22. The van der Waals surface area contributed by atoms with Gasteiger partial charge in [-0.1, -0.05) is 0 Å². The van der Waals surface area contributed by atoms with Crippen LogP contribution in [0.25, 0.3) is 0 Å². The minimum absolute atomic E-state index is 0.193. The second-order valence-corrected chi connectivity index (χ2v) is 3.74. The highest BCUT2D eigenvalue weighted by molar-refractivity contribution is 5.86. The molecular formula is C12H13N3O3. The van der Waals surface area contributed by atoms with Crippen LogP contribution in [0.15, 0.2) is 35.4 Å². The van der Waals surface area contributed by atoms with Crippen LogP contribution in [0.5, 0.6) is 0 Å². The van der Waals surface area contributed by atoms with Gasteiger partial charge in [-0.15, -0.1) is 0 Å². The third-order valence-electron chi connectivity index (χ3n) is 2.42. The second kappa shape index (κ2) is 5.31. The zero-order valence-corrected chi connectivity index (χ0v) is 10.2. The number of hydrogen-bond acceptors (Lipinski definition) is 6. The first-order chi connectivity index (χ1) is 8.70. The van der Waals surface area contributed by atoms with E-state index < -0.39 is 5.97 Å². The second-order valence-electron chi connectivity index (χ2n) is 3.74. The maximum Gasteiger partial charge on any atom is 0.358 e. The fourth-order valence-electron chi connectivity index (χ4n) is 1.47. The van der Waals surface area contributed by atoms with Gasteiger partial charge in [0, 0.05) is 19.2 Å². The van der Waals surface area contributed by atoms with Gasteiger partial charge in [0.1, 0.15) is 5.82 Å². The van der Waals surface area contributed by atoms with Crippen LogP contribution in [0, 0.1) is 0 Å². The van der Waals surface area contributed by atoms with Crippen molar-refractivity contribution in [1.82, 2.24) is 9.97 Å². The lowest BCUT2D eigenvalue weighted by Crippen LogP contribution is -2.18. The van der Waals surface area contributed by atoms with Gasteiger partial charge in [0.05, 0.1) is 32.0 Å². The zero-order valence-electron chi connectivity index (χ0n) is 10.2. The highest BCUT2D eigenvalue weighted by Crippen LogP contribution is 2.12. The van der Waals surface area contributed by atoms with Gasteiger partial charge < -0.3 is 14.1 Å². The van der Waals surface area contributed by atoms with E-state index >= 15 is 0 Å². The smallest absolute Gasteiger partial charge is 0.358 e. The van der Waals surface area contributed by atoms with Crippen molar-refractivity contribution in [1.29, 1.82) is 0 Å². The van der Waals surface area contributed by atoms with Gasteiger partial charge >= 0.3 is 5.97 Å². The van der Waals surface area contributed by atoms with E-state index in [1.54, 1.807) is 12.5 Å². The summed E-state index contributed by atoms with van der Waals surface area (Å²) in [5, 5.41) is 0. The zero-order chi connectivity index (χ0) is 13.0.